The molecule has 6 heteroatoms. The molecule has 28 heavy (non-hydrogen) atoms. The van der Waals surface area contributed by atoms with E-state index < -0.39 is 0 Å². The fourth-order valence-electron chi connectivity index (χ4n) is 3.83. The minimum absolute atomic E-state index is 0.00580. The largest absolute Gasteiger partial charge is 0.367 e. The monoisotopic (exact) mass is 370 g/mol. The molecule has 4 aromatic rings. The van der Waals surface area contributed by atoms with Crippen LogP contribution in [0.25, 0.3) is 22.3 Å². The molecule has 0 fully saturated rings. The Balaban J connectivity index is 1.49. The lowest BCUT2D eigenvalue weighted by Gasteiger charge is -2.14. The topological polar surface area (TPSA) is 94.0 Å². The van der Waals surface area contributed by atoms with Gasteiger partial charge in [-0.25, -0.2) is 4.98 Å². The second-order valence-electron chi connectivity index (χ2n) is 6.92. The van der Waals surface area contributed by atoms with E-state index in [4.69, 9.17) is 10.3 Å². The number of benzene rings is 2. The lowest BCUT2D eigenvalue weighted by molar-refractivity contribution is 0.0938. The molecule has 0 saturated heterocycles. The number of para-hydroxylation sites is 1. The highest BCUT2D eigenvalue weighted by Gasteiger charge is 2.28. The van der Waals surface area contributed by atoms with Crippen LogP contribution in [-0.2, 0) is 6.42 Å². The van der Waals surface area contributed by atoms with Crippen LogP contribution >= 0.6 is 0 Å². The molecular formula is C22H18N4O2. The van der Waals surface area contributed by atoms with E-state index in [-0.39, 0.29) is 23.4 Å². The highest BCUT2D eigenvalue weighted by atomic mass is 16.5. The number of rotatable bonds is 3. The third kappa shape index (κ3) is 2.70. The number of nitrogens with one attached hydrogen (secondary N) is 1. The highest BCUT2D eigenvalue weighted by molar-refractivity contribution is 6.03. The van der Waals surface area contributed by atoms with Gasteiger partial charge in [-0.3, -0.25) is 4.79 Å². The molecule has 2 aromatic carbocycles. The zero-order valence-electron chi connectivity index (χ0n) is 15.1. The van der Waals surface area contributed by atoms with Crippen LogP contribution in [0, 0.1) is 0 Å². The molecule has 138 valence electrons. The first-order chi connectivity index (χ1) is 13.7. The van der Waals surface area contributed by atoms with Crippen molar-refractivity contribution in [3.63, 3.8) is 0 Å². The fraction of sp³-hybridized carbons (Fsp3) is 0.136. The van der Waals surface area contributed by atoms with Gasteiger partial charge in [0.1, 0.15) is 11.3 Å². The number of nitrogens with zero attached hydrogens (tertiary/aromatic N) is 2. The summed E-state index contributed by atoms with van der Waals surface area (Å²) in [6.45, 7) is 0. The Bertz CT molecular complexity index is 1200. The van der Waals surface area contributed by atoms with Gasteiger partial charge in [-0.1, -0.05) is 53.7 Å². The Morgan fingerprint density at radius 3 is 2.82 bits per heavy atom. The number of hydrogen-bond acceptors (Lipinski definition) is 5. The van der Waals surface area contributed by atoms with Crippen LogP contribution in [0.4, 0.5) is 5.88 Å². The predicted octanol–water partition coefficient (Wildman–Crippen LogP) is 3.89. The molecule has 1 aliphatic rings. The molecular weight excluding hydrogens is 352 g/mol. The number of carbonyl (C=O) groups excluding carboxylic acids is 1. The van der Waals surface area contributed by atoms with E-state index in [9.17, 15) is 4.79 Å². The Morgan fingerprint density at radius 1 is 1.07 bits per heavy atom. The normalized spacial score (nSPS) is 15.5. The van der Waals surface area contributed by atoms with Gasteiger partial charge in [-0.05, 0) is 36.1 Å². The van der Waals surface area contributed by atoms with Crippen LogP contribution in [0.5, 0.6) is 0 Å². The summed E-state index contributed by atoms with van der Waals surface area (Å²) in [6, 6.07) is 19.6. The average molecular weight is 370 g/mol. The number of aromatic nitrogens is 2. The molecule has 0 aliphatic heterocycles. The number of hydrogen-bond donors (Lipinski definition) is 2. The SMILES string of the molecule is Nc1onc(-c2ccc3ccccc3n2)c1C(=O)NC1CCc2ccccc21. The van der Waals surface area contributed by atoms with Gasteiger partial charge in [0.25, 0.3) is 5.91 Å². The molecule has 3 N–H and O–H groups in total. The van der Waals surface area contributed by atoms with Crippen molar-refractivity contribution in [2.45, 2.75) is 18.9 Å². The zero-order chi connectivity index (χ0) is 19.1. The number of aryl methyl sites for hydroxylation is 1. The van der Waals surface area contributed by atoms with Crippen molar-refractivity contribution in [1.82, 2.24) is 15.5 Å². The van der Waals surface area contributed by atoms with E-state index in [1.807, 2.05) is 48.5 Å². The summed E-state index contributed by atoms with van der Waals surface area (Å²) in [5.74, 6) is -0.306. The molecule has 2 aromatic heterocycles. The third-order valence-electron chi connectivity index (χ3n) is 5.22. The zero-order valence-corrected chi connectivity index (χ0v) is 15.1. The van der Waals surface area contributed by atoms with Crippen molar-refractivity contribution < 1.29 is 9.32 Å². The lowest BCUT2D eigenvalue weighted by Crippen LogP contribution is -2.28. The fourth-order valence-corrected chi connectivity index (χ4v) is 3.83. The highest BCUT2D eigenvalue weighted by Crippen LogP contribution is 2.33. The Morgan fingerprint density at radius 2 is 1.89 bits per heavy atom. The number of anilines is 1. The summed E-state index contributed by atoms with van der Waals surface area (Å²) in [5, 5.41) is 8.10. The first-order valence-corrected chi connectivity index (χ1v) is 9.20. The summed E-state index contributed by atoms with van der Waals surface area (Å²) in [6.07, 6.45) is 1.80. The van der Waals surface area contributed by atoms with Gasteiger partial charge in [0.2, 0.25) is 5.88 Å². The minimum Gasteiger partial charge on any atom is -0.367 e. The molecule has 0 bridgehead atoms. The first-order valence-electron chi connectivity index (χ1n) is 9.20. The molecule has 0 saturated carbocycles. The maximum atomic E-state index is 13.0. The maximum absolute atomic E-state index is 13.0. The van der Waals surface area contributed by atoms with E-state index in [1.54, 1.807) is 0 Å². The van der Waals surface area contributed by atoms with Crippen LogP contribution in [0.1, 0.15) is 33.9 Å². The second kappa shape index (κ2) is 6.49. The molecule has 1 unspecified atom stereocenters. The molecule has 1 amide bonds. The standard InChI is InChI=1S/C22H18N4O2/c23-21-19(22(27)25-17-11-9-13-5-1-3-7-15(13)17)20(26-28-21)18-12-10-14-6-2-4-8-16(14)24-18/h1-8,10,12,17H,9,11,23H2,(H,25,27). The number of nitrogens with two attached hydrogens (primary N) is 1. The van der Waals surface area contributed by atoms with Gasteiger partial charge in [0.15, 0.2) is 0 Å². The number of pyridine rings is 1. The number of fused-ring (bicyclic) bond motifs is 2. The van der Waals surface area contributed by atoms with E-state index in [0.29, 0.717) is 11.4 Å². The summed E-state index contributed by atoms with van der Waals surface area (Å²) < 4.78 is 5.14. The molecule has 0 radical (unpaired) electrons. The number of nitrogen functional groups attached to an aromatic ring is 1. The van der Waals surface area contributed by atoms with Crippen molar-refractivity contribution in [1.29, 1.82) is 0 Å². The maximum Gasteiger partial charge on any atom is 0.259 e. The van der Waals surface area contributed by atoms with Crippen molar-refractivity contribution >= 4 is 22.7 Å². The van der Waals surface area contributed by atoms with Crippen LogP contribution < -0.4 is 11.1 Å². The van der Waals surface area contributed by atoms with E-state index >= 15 is 0 Å². The van der Waals surface area contributed by atoms with Gasteiger partial charge in [-0.2, -0.15) is 0 Å². The van der Waals surface area contributed by atoms with Crippen LogP contribution in [0.2, 0.25) is 0 Å². The van der Waals surface area contributed by atoms with Crippen LogP contribution in [-0.4, -0.2) is 16.0 Å². The Hall–Kier alpha value is -3.67. The third-order valence-corrected chi connectivity index (χ3v) is 5.22. The van der Waals surface area contributed by atoms with Crippen LogP contribution in [0.3, 0.4) is 0 Å². The lowest BCUT2D eigenvalue weighted by atomic mass is 10.1. The molecule has 2 heterocycles. The number of amides is 1. The van der Waals surface area contributed by atoms with Crippen molar-refractivity contribution in [2.24, 2.45) is 0 Å². The molecule has 1 aliphatic carbocycles. The van der Waals surface area contributed by atoms with E-state index in [1.165, 1.54) is 5.56 Å². The Labute approximate surface area is 161 Å². The average Bonchev–Trinajstić information content (AvgIpc) is 3.31. The van der Waals surface area contributed by atoms with Gasteiger partial charge >= 0.3 is 0 Å². The number of carbonyl (C=O) groups is 1. The van der Waals surface area contributed by atoms with Crippen LogP contribution in [0.15, 0.2) is 65.2 Å². The molecule has 5 rings (SSSR count). The van der Waals surface area contributed by atoms with Crippen molar-refractivity contribution in [2.75, 3.05) is 5.73 Å². The van der Waals surface area contributed by atoms with Crippen molar-refractivity contribution in [3.05, 3.63) is 77.4 Å². The first kappa shape index (κ1) is 16.5. The Kier molecular flexibility index (Phi) is 3.83. The van der Waals surface area contributed by atoms with Gasteiger partial charge < -0.3 is 15.6 Å². The quantitative estimate of drug-likeness (QED) is 0.571. The summed E-state index contributed by atoms with van der Waals surface area (Å²) in [4.78, 5) is 17.6. The smallest absolute Gasteiger partial charge is 0.259 e. The summed E-state index contributed by atoms with van der Waals surface area (Å²) in [5.41, 5.74) is 10.3. The van der Waals surface area contributed by atoms with E-state index in [2.05, 4.69) is 27.6 Å². The minimum atomic E-state index is -0.301. The molecule has 1 atom stereocenters. The predicted molar refractivity (Wildman–Crippen MR) is 107 cm³/mol. The van der Waals surface area contributed by atoms with E-state index in [0.717, 1.165) is 29.3 Å². The second-order valence-corrected chi connectivity index (χ2v) is 6.92. The van der Waals surface area contributed by atoms with Gasteiger partial charge in [-0.15, -0.1) is 0 Å². The summed E-state index contributed by atoms with van der Waals surface area (Å²) >= 11 is 0. The van der Waals surface area contributed by atoms with Gasteiger partial charge in [0, 0.05) is 5.39 Å². The summed E-state index contributed by atoms with van der Waals surface area (Å²) in [7, 11) is 0. The molecule has 0 spiro atoms. The molecule has 6 nitrogen and oxygen atoms in total. The van der Waals surface area contributed by atoms with Crippen molar-refractivity contribution in [3.8, 4) is 11.4 Å². The van der Waals surface area contributed by atoms with Gasteiger partial charge in [0.05, 0.1) is 17.3 Å².